The molecule has 0 spiro atoms. The minimum Gasteiger partial charge on any atom is -0.366 e. The summed E-state index contributed by atoms with van der Waals surface area (Å²) in [6.45, 7) is 3.54. The van der Waals surface area contributed by atoms with E-state index in [1.807, 2.05) is 0 Å². The Labute approximate surface area is 119 Å². The van der Waals surface area contributed by atoms with Crippen molar-refractivity contribution in [2.24, 2.45) is 11.5 Å². The normalized spacial score (nSPS) is 11.7. The summed E-state index contributed by atoms with van der Waals surface area (Å²) in [5.74, 6) is -0.603. The molecule has 0 aliphatic carbocycles. The Kier molecular flexibility index (Phi) is 5.95. The largest absolute Gasteiger partial charge is 0.366 e. The Morgan fingerprint density at radius 2 is 1.74 bits per heavy atom. The number of sulfonamides is 1. The van der Waals surface area contributed by atoms with Gasteiger partial charge >= 0.3 is 0 Å². The molecule has 6 nitrogen and oxygen atoms in total. The van der Waals surface area contributed by atoms with Crippen LogP contribution in [0.1, 0.15) is 24.2 Å². The van der Waals surface area contributed by atoms with E-state index in [0.29, 0.717) is 0 Å². The van der Waals surface area contributed by atoms with Gasteiger partial charge in [-0.05, 0) is 38.1 Å². The molecule has 5 N–H and O–H groups in total. The number of carbonyl (C=O) groups excluding carboxylic acids is 1. The molecule has 0 bridgehead atoms. The molecule has 0 aromatic heterocycles. The average molecular weight is 308 g/mol. The van der Waals surface area contributed by atoms with Crippen LogP contribution in [0.5, 0.6) is 0 Å². The molecule has 0 saturated carbocycles. The Hall–Kier alpha value is -1.15. The molecule has 0 unspecified atom stereocenters. The topological polar surface area (TPSA) is 115 Å². The first-order valence-corrected chi connectivity index (χ1v) is 6.80. The van der Waals surface area contributed by atoms with Crippen molar-refractivity contribution in [2.45, 2.75) is 24.3 Å². The van der Waals surface area contributed by atoms with Crippen LogP contribution >= 0.6 is 12.4 Å². The summed E-state index contributed by atoms with van der Waals surface area (Å²) in [5.41, 5.74) is 10.1. The van der Waals surface area contributed by atoms with Crippen LogP contribution in [0, 0.1) is 0 Å². The molecule has 0 aliphatic rings. The van der Waals surface area contributed by atoms with Crippen LogP contribution in [-0.2, 0) is 10.0 Å². The average Bonchev–Trinajstić information content (AvgIpc) is 2.28. The maximum atomic E-state index is 12.0. The van der Waals surface area contributed by atoms with Crippen molar-refractivity contribution in [1.29, 1.82) is 0 Å². The number of nitrogens with two attached hydrogens (primary N) is 2. The van der Waals surface area contributed by atoms with E-state index in [1.54, 1.807) is 13.8 Å². The highest BCUT2D eigenvalue weighted by Crippen LogP contribution is 2.13. The van der Waals surface area contributed by atoms with Crippen LogP contribution in [0.3, 0.4) is 0 Å². The quantitative estimate of drug-likeness (QED) is 0.721. The second-order valence-corrected chi connectivity index (χ2v) is 6.26. The van der Waals surface area contributed by atoms with E-state index in [1.165, 1.54) is 24.3 Å². The number of carbonyl (C=O) groups is 1. The van der Waals surface area contributed by atoms with Gasteiger partial charge < -0.3 is 11.5 Å². The molecule has 0 radical (unpaired) electrons. The Balaban J connectivity index is 0.00000324. The predicted molar refractivity (Wildman–Crippen MR) is 75.7 cm³/mol. The van der Waals surface area contributed by atoms with Crippen LogP contribution in [-0.4, -0.2) is 26.4 Å². The van der Waals surface area contributed by atoms with Crippen molar-refractivity contribution in [3.63, 3.8) is 0 Å². The minimum atomic E-state index is -3.65. The van der Waals surface area contributed by atoms with Crippen molar-refractivity contribution >= 4 is 28.3 Å². The molecule has 108 valence electrons. The van der Waals surface area contributed by atoms with E-state index in [-0.39, 0.29) is 29.4 Å². The van der Waals surface area contributed by atoms with Gasteiger partial charge in [0, 0.05) is 17.6 Å². The summed E-state index contributed by atoms with van der Waals surface area (Å²) in [7, 11) is -3.65. The molecule has 0 atom stereocenters. The van der Waals surface area contributed by atoms with Gasteiger partial charge in [0.15, 0.2) is 0 Å². The summed E-state index contributed by atoms with van der Waals surface area (Å²) in [4.78, 5) is 10.9. The summed E-state index contributed by atoms with van der Waals surface area (Å²) in [5, 5.41) is 0. The summed E-state index contributed by atoms with van der Waals surface area (Å²) >= 11 is 0. The molecule has 0 saturated heterocycles. The monoisotopic (exact) mass is 307 g/mol. The van der Waals surface area contributed by atoms with Gasteiger partial charge in [0.25, 0.3) is 0 Å². The number of primary amides is 1. The van der Waals surface area contributed by atoms with E-state index in [4.69, 9.17) is 11.5 Å². The molecule has 1 aromatic rings. The fourth-order valence-corrected chi connectivity index (χ4v) is 2.69. The number of hydrogen-bond acceptors (Lipinski definition) is 4. The molecule has 0 fully saturated rings. The van der Waals surface area contributed by atoms with Gasteiger partial charge in [-0.1, -0.05) is 0 Å². The maximum Gasteiger partial charge on any atom is 0.248 e. The lowest BCUT2D eigenvalue weighted by Crippen LogP contribution is -2.48. The first-order chi connectivity index (χ1) is 8.18. The van der Waals surface area contributed by atoms with Gasteiger partial charge in [-0.15, -0.1) is 12.4 Å². The van der Waals surface area contributed by atoms with E-state index in [0.717, 1.165) is 0 Å². The lowest BCUT2D eigenvalue weighted by molar-refractivity contribution is 0.1000. The van der Waals surface area contributed by atoms with Crippen molar-refractivity contribution < 1.29 is 13.2 Å². The zero-order valence-corrected chi connectivity index (χ0v) is 12.3. The van der Waals surface area contributed by atoms with Crippen molar-refractivity contribution in [3.8, 4) is 0 Å². The smallest absolute Gasteiger partial charge is 0.248 e. The van der Waals surface area contributed by atoms with Gasteiger partial charge in [-0.25, -0.2) is 13.1 Å². The van der Waals surface area contributed by atoms with Gasteiger partial charge in [-0.2, -0.15) is 0 Å². The second kappa shape index (κ2) is 6.33. The summed E-state index contributed by atoms with van der Waals surface area (Å²) in [6.07, 6.45) is 0. The first-order valence-electron chi connectivity index (χ1n) is 5.32. The maximum absolute atomic E-state index is 12.0. The standard InChI is InChI=1S/C11H17N3O3S.ClH/c1-11(2,7-12)14-18(16,17)9-5-3-8(4-6-9)10(13)15;/h3-6,14H,7,12H2,1-2H3,(H2,13,15);1H. The third-order valence-corrected chi connectivity index (χ3v) is 4.08. The SMILES string of the molecule is CC(C)(CN)NS(=O)(=O)c1ccc(C(N)=O)cc1.Cl. The summed E-state index contributed by atoms with van der Waals surface area (Å²) < 4.78 is 26.5. The van der Waals surface area contributed by atoms with Crippen LogP contribution in [0.2, 0.25) is 0 Å². The number of nitrogens with one attached hydrogen (secondary N) is 1. The van der Waals surface area contributed by atoms with E-state index in [2.05, 4.69) is 4.72 Å². The molecular weight excluding hydrogens is 290 g/mol. The van der Waals surface area contributed by atoms with Crippen LogP contribution in [0.15, 0.2) is 29.2 Å². The highest BCUT2D eigenvalue weighted by atomic mass is 35.5. The third kappa shape index (κ3) is 4.79. The fraction of sp³-hybridized carbons (Fsp3) is 0.364. The summed E-state index contributed by atoms with van der Waals surface area (Å²) in [6, 6.07) is 5.39. The number of amides is 1. The van der Waals surface area contributed by atoms with Crippen LogP contribution < -0.4 is 16.2 Å². The Bertz CT molecular complexity index is 541. The Morgan fingerprint density at radius 3 is 2.11 bits per heavy atom. The highest BCUT2D eigenvalue weighted by molar-refractivity contribution is 7.89. The predicted octanol–water partition coefficient (Wildman–Crippen LogP) is 0.223. The molecule has 0 heterocycles. The van der Waals surface area contributed by atoms with Gasteiger partial charge in [-0.3, -0.25) is 4.79 Å². The molecule has 19 heavy (non-hydrogen) atoms. The Morgan fingerprint density at radius 1 is 1.26 bits per heavy atom. The van der Waals surface area contributed by atoms with Crippen molar-refractivity contribution in [3.05, 3.63) is 29.8 Å². The lowest BCUT2D eigenvalue weighted by atomic mass is 10.1. The van der Waals surface area contributed by atoms with Crippen LogP contribution in [0.25, 0.3) is 0 Å². The second-order valence-electron chi connectivity index (χ2n) is 4.58. The van der Waals surface area contributed by atoms with E-state index in [9.17, 15) is 13.2 Å². The molecule has 0 aliphatic heterocycles. The number of rotatable bonds is 5. The fourth-order valence-electron chi connectivity index (χ4n) is 1.26. The van der Waals surface area contributed by atoms with E-state index < -0.39 is 21.5 Å². The zero-order valence-electron chi connectivity index (χ0n) is 10.7. The number of hydrogen-bond donors (Lipinski definition) is 3. The minimum absolute atomic E-state index is 0. The van der Waals surface area contributed by atoms with E-state index >= 15 is 0 Å². The van der Waals surface area contributed by atoms with Crippen molar-refractivity contribution in [2.75, 3.05) is 6.54 Å². The van der Waals surface area contributed by atoms with Crippen molar-refractivity contribution in [1.82, 2.24) is 4.72 Å². The number of halogens is 1. The zero-order chi connectivity index (χ0) is 14.0. The lowest BCUT2D eigenvalue weighted by Gasteiger charge is -2.23. The molecule has 1 aromatic carbocycles. The molecule has 8 heteroatoms. The van der Waals surface area contributed by atoms with Gasteiger partial charge in [0.1, 0.15) is 0 Å². The molecule has 1 amide bonds. The van der Waals surface area contributed by atoms with Crippen LogP contribution in [0.4, 0.5) is 0 Å². The highest BCUT2D eigenvalue weighted by Gasteiger charge is 2.24. The number of benzene rings is 1. The molecular formula is C11H18ClN3O3S. The first kappa shape index (κ1) is 17.8. The van der Waals surface area contributed by atoms with Gasteiger partial charge in [0.05, 0.1) is 4.90 Å². The van der Waals surface area contributed by atoms with Gasteiger partial charge in [0.2, 0.25) is 15.9 Å². The molecule has 1 rings (SSSR count). The third-order valence-electron chi connectivity index (χ3n) is 2.37.